The third-order valence-corrected chi connectivity index (χ3v) is 5.58. The molecule has 0 unspecified atom stereocenters. The molecule has 5 rings (SSSR count). The smallest absolute Gasteiger partial charge is 0.177 e. The van der Waals surface area contributed by atoms with Gasteiger partial charge in [-0.25, -0.2) is 9.97 Å². The molecule has 3 aromatic heterocycles. The molecule has 0 atom stereocenters. The fourth-order valence-electron chi connectivity index (χ4n) is 3.96. The Bertz CT molecular complexity index is 1360. The van der Waals surface area contributed by atoms with Crippen LogP contribution >= 0.6 is 0 Å². The van der Waals surface area contributed by atoms with Gasteiger partial charge in [0, 0.05) is 37.1 Å². The highest BCUT2D eigenvalue weighted by Gasteiger charge is 2.20. The van der Waals surface area contributed by atoms with Gasteiger partial charge < -0.3 is 19.2 Å². The molecular weight excluding hydrogens is 350 g/mol. The molecule has 0 aliphatic carbocycles. The summed E-state index contributed by atoms with van der Waals surface area (Å²) in [5.74, 6) is 1.87. The Kier molecular flexibility index (Phi) is 3.40. The van der Waals surface area contributed by atoms with E-state index in [4.69, 9.17) is 9.97 Å². The largest absolute Gasteiger partial charge is 0.507 e. The SMILES string of the molecule is Cc1cc2c(nc(-c3nc4c(-c5ccc[nH]5)cccc4n3C)n2C)c(C)c1O. The normalized spacial score (nSPS) is 11.7. The van der Waals surface area contributed by atoms with Crippen molar-refractivity contribution in [1.82, 2.24) is 24.1 Å². The van der Waals surface area contributed by atoms with Crippen molar-refractivity contribution in [2.75, 3.05) is 0 Å². The zero-order valence-electron chi connectivity index (χ0n) is 16.3. The van der Waals surface area contributed by atoms with Crippen molar-refractivity contribution in [1.29, 1.82) is 0 Å². The van der Waals surface area contributed by atoms with Crippen molar-refractivity contribution >= 4 is 22.1 Å². The third-order valence-electron chi connectivity index (χ3n) is 5.58. The quantitative estimate of drug-likeness (QED) is 0.482. The Morgan fingerprint density at radius 3 is 2.32 bits per heavy atom. The summed E-state index contributed by atoms with van der Waals surface area (Å²) in [7, 11) is 4.00. The molecule has 0 saturated carbocycles. The van der Waals surface area contributed by atoms with Crippen LogP contribution in [0.25, 0.3) is 45.0 Å². The predicted octanol–water partition coefficient (Wildman–Crippen LogP) is 4.44. The van der Waals surface area contributed by atoms with E-state index in [-0.39, 0.29) is 0 Å². The van der Waals surface area contributed by atoms with Crippen LogP contribution in [0.3, 0.4) is 0 Å². The number of phenolic OH excluding ortho intramolecular Hbond substituents is 1. The van der Waals surface area contributed by atoms with Crippen molar-refractivity contribution in [3.63, 3.8) is 0 Å². The fourth-order valence-corrected chi connectivity index (χ4v) is 3.96. The maximum Gasteiger partial charge on any atom is 0.177 e. The van der Waals surface area contributed by atoms with Crippen LogP contribution in [-0.2, 0) is 14.1 Å². The number of H-pyrrole nitrogens is 1. The Morgan fingerprint density at radius 2 is 1.61 bits per heavy atom. The minimum absolute atomic E-state index is 0.302. The second-order valence-electron chi connectivity index (χ2n) is 7.28. The molecule has 0 aliphatic heterocycles. The van der Waals surface area contributed by atoms with Gasteiger partial charge in [0.2, 0.25) is 0 Å². The molecule has 2 aromatic carbocycles. The van der Waals surface area contributed by atoms with Gasteiger partial charge in [-0.15, -0.1) is 0 Å². The van der Waals surface area contributed by atoms with Gasteiger partial charge in [-0.1, -0.05) is 12.1 Å². The molecule has 6 heteroatoms. The van der Waals surface area contributed by atoms with E-state index in [1.807, 2.05) is 63.0 Å². The van der Waals surface area contributed by atoms with Crippen molar-refractivity contribution in [2.24, 2.45) is 14.1 Å². The van der Waals surface area contributed by atoms with Gasteiger partial charge in [0.1, 0.15) is 5.75 Å². The number of phenols is 1. The van der Waals surface area contributed by atoms with Gasteiger partial charge in [0.05, 0.1) is 22.1 Å². The molecule has 3 heterocycles. The number of fused-ring (bicyclic) bond motifs is 2. The number of para-hydroxylation sites is 1. The van der Waals surface area contributed by atoms with Crippen molar-refractivity contribution in [2.45, 2.75) is 13.8 Å². The number of hydrogen-bond acceptors (Lipinski definition) is 3. The summed E-state index contributed by atoms with van der Waals surface area (Å²) in [6, 6.07) is 12.2. The Morgan fingerprint density at radius 1 is 0.893 bits per heavy atom. The minimum atomic E-state index is 0.302. The second kappa shape index (κ2) is 5.73. The van der Waals surface area contributed by atoms with E-state index in [0.717, 1.165) is 56.1 Å². The molecular formula is C22H21N5O. The van der Waals surface area contributed by atoms with E-state index >= 15 is 0 Å². The van der Waals surface area contributed by atoms with E-state index in [2.05, 4.69) is 21.7 Å². The topological polar surface area (TPSA) is 71.7 Å². The van der Waals surface area contributed by atoms with Crippen LogP contribution in [0.15, 0.2) is 42.6 Å². The van der Waals surface area contributed by atoms with Gasteiger partial charge >= 0.3 is 0 Å². The van der Waals surface area contributed by atoms with Crippen LogP contribution in [0, 0.1) is 13.8 Å². The summed E-state index contributed by atoms with van der Waals surface area (Å²) in [6.07, 6.45) is 1.92. The second-order valence-corrected chi connectivity index (χ2v) is 7.28. The van der Waals surface area contributed by atoms with Gasteiger partial charge in [-0.3, -0.25) is 0 Å². The number of nitrogens with one attached hydrogen (secondary N) is 1. The van der Waals surface area contributed by atoms with Gasteiger partial charge in [0.25, 0.3) is 0 Å². The number of aromatic nitrogens is 5. The van der Waals surface area contributed by atoms with Crippen LogP contribution in [0.4, 0.5) is 0 Å². The first-order valence-corrected chi connectivity index (χ1v) is 9.22. The lowest BCUT2D eigenvalue weighted by Crippen LogP contribution is -1.99. The lowest BCUT2D eigenvalue weighted by molar-refractivity contribution is 0.468. The number of aromatic amines is 1. The van der Waals surface area contributed by atoms with Crippen LogP contribution in [0.5, 0.6) is 5.75 Å². The first-order chi connectivity index (χ1) is 13.5. The molecule has 140 valence electrons. The Labute approximate surface area is 162 Å². The standard InChI is InChI=1S/C22H21N5O/c1-12-11-17-18(13(2)20(12)28)24-21(27(17)4)22-25-19-14(15-8-6-10-23-15)7-5-9-16(19)26(22)3/h5-11,23,28H,1-4H3. The molecule has 0 amide bonds. The highest BCUT2D eigenvalue weighted by Crippen LogP contribution is 2.34. The highest BCUT2D eigenvalue weighted by molar-refractivity contribution is 5.94. The van der Waals surface area contributed by atoms with E-state index < -0.39 is 0 Å². The molecule has 0 saturated heterocycles. The summed E-state index contributed by atoms with van der Waals surface area (Å²) >= 11 is 0. The summed E-state index contributed by atoms with van der Waals surface area (Å²) < 4.78 is 4.12. The predicted molar refractivity (Wildman–Crippen MR) is 111 cm³/mol. The molecule has 28 heavy (non-hydrogen) atoms. The number of imidazole rings is 2. The summed E-state index contributed by atoms with van der Waals surface area (Å²) in [5, 5.41) is 10.3. The van der Waals surface area contributed by atoms with Crippen LogP contribution < -0.4 is 0 Å². The number of hydrogen-bond donors (Lipinski definition) is 2. The average Bonchev–Trinajstić information content (AvgIpc) is 3.40. The fraction of sp³-hybridized carbons (Fsp3) is 0.182. The lowest BCUT2D eigenvalue weighted by Gasteiger charge is -2.05. The Balaban J connectivity index is 1.81. The summed E-state index contributed by atoms with van der Waals surface area (Å²) in [4.78, 5) is 13.1. The van der Waals surface area contributed by atoms with Crippen LogP contribution in [-0.4, -0.2) is 29.2 Å². The van der Waals surface area contributed by atoms with Gasteiger partial charge in [-0.05, 0) is 43.7 Å². The number of nitrogens with zero attached hydrogens (tertiary/aromatic N) is 4. The number of rotatable bonds is 2. The third kappa shape index (κ3) is 2.14. The van der Waals surface area contributed by atoms with Crippen molar-refractivity contribution in [3.8, 4) is 28.7 Å². The average molecular weight is 371 g/mol. The maximum atomic E-state index is 10.3. The first-order valence-electron chi connectivity index (χ1n) is 9.22. The highest BCUT2D eigenvalue weighted by atomic mass is 16.3. The maximum absolute atomic E-state index is 10.3. The molecule has 6 nitrogen and oxygen atoms in total. The van der Waals surface area contributed by atoms with Crippen molar-refractivity contribution in [3.05, 3.63) is 53.7 Å². The zero-order valence-corrected chi connectivity index (χ0v) is 16.3. The van der Waals surface area contributed by atoms with E-state index in [0.29, 0.717) is 5.75 Å². The minimum Gasteiger partial charge on any atom is -0.507 e. The number of benzene rings is 2. The molecule has 0 spiro atoms. The van der Waals surface area contributed by atoms with Gasteiger partial charge in [0.15, 0.2) is 11.6 Å². The van der Waals surface area contributed by atoms with E-state index in [1.54, 1.807) is 0 Å². The van der Waals surface area contributed by atoms with Crippen molar-refractivity contribution < 1.29 is 5.11 Å². The van der Waals surface area contributed by atoms with Crippen LogP contribution in [0.1, 0.15) is 11.1 Å². The summed E-state index contributed by atoms with van der Waals surface area (Å²) in [5.41, 5.74) is 7.51. The zero-order chi connectivity index (χ0) is 19.6. The monoisotopic (exact) mass is 371 g/mol. The molecule has 0 radical (unpaired) electrons. The molecule has 5 aromatic rings. The first kappa shape index (κ1) is 16.6. The van der Waals surface area contributed by atoms with E-state index in [1.165, 1.54) is 0 Å². The molecule has 0 fully saturated rings. The number of aromatic hydroxyl groups is 1. The van der Waals surface area contributed by atoms with Crippen LogP contribution in [0.2, 0.25) is 0 Å². The summed E-state index contributed by atoms with van der Waals surface area (Å²) in [6.45, 7) is 3.81. The Hall–Kier alpha value is -3.54. The number of aryl methyl sites for hydroxylation is 4. The lowest BCUT2D eigenvalue weighted by atomic mass is 10.1. The van der Waals surface area contributed by atoms with Gasteiger partial charge in [-0.2, -0.15) is 0 Å². The molecule has 2 N–H and O–H groups in total. The molecule has 0 bridgehead atoms. The molecule has 0 aliphatic rings. The van der Waals surface area contributed by atoms with E-state index in [9.17, 15) is 5.11 Å².